The van der Waals surface area contributed by atoms with Gasteiger partial charge in [-0.15, -0.1) is 0 Å². The molecule has 1 fully saturated rings. The number of benzene rings is 1. The molecule has 2 amide bonds. The number of rotatable bonds is 8. The summed E-state index contributed by atoms with van der Waals surface area (Å²) in [6.45, 7) is 5.28. The molecule has 2 rings (SSSR count). The Balaban J connectivity index is 1.95. The predicted molar refractivity (Wildman–Crippen MR) is 114 cm³/mol. The fraction of sp³-hybridized carbons (Fsp3) is 0.524. The standard InChI is InChI=1S/C21H31N3O4S/c1-3-14-22-21(26)17(2)23-20(25)13-10-18-8-11-19(12-9-18)29(27,28)24-15-6-4-5-7-16-24/h8-13,17H,3-7,14-16H2,1-2H3,(H,22,26)(H,23,25)/b13-10+/t17-/m0/s1. The van der Waals surface area contributed by atoms with Crippen molar-refractivity contribution in [2.75, 3.05) is 19.6 Å². The van der Waals surface area contributed by atoms with Crippen LogP contribution in [0.2, 0.25) is 0 Å². The number of carbonyl (C=O) groups is 2. The van der Waals surface area contributed by atoms with Gasteiger partial charge in [0.2, 0.25) is 21.8 Å². The number of nitrogens with zero attached hydrogens (tertiary/aromatic N) is 1. The lowest BCUT2D eigenvalue weighted by Gasteiger charge is -2.19. The second kappa shape index (κ2) is 11.1. The van der Waals surface area contributed by atoms with Crippen LogP contribution in [0.3, 0.4) is 0 Å². The molecule has 8 heteroatoms. The average Bonchev–Trinajstić information content (AvgIpc) is 3.01. The fourth-order valence-electron chi connectivity index (χ4n) is 3.08. The molecule has 1 aromatic rings. The third kappa shape index (κ3) is 6.97. The Hall–Kier alpha value is -2.19. The fourth-order valence-corrected chi connectivity index (χ4v) is 4.60. The van der Waals surface area contributed by atoms with Gasteiger partial charge >= 0.3 is 0 Å². The van der Waals surface area contributed by atoms with Crippen LogP contribution in [-0.4, -0.2) is 50.2 Å². The largest absolute Gasteiger partial charge is 0.354 e. The van der Waals surface area contributed by atoms with Gasteiger partial charge in [-0.2, -0.15) is 4.31 Å². The molecule has 1 saturated heterocycles. The van der Waals surface area contributed by atoms with Gasteiger partial charge in [0.05, 0.1) is 4.90 Å². The highest BCUT2D eigenvalue weighted by Crippen LogP contribution is 2.20. The smallest absolute Gasteiger partial charge is 0.244 e. The van der Waals surface area contributed by atoms with E-state index in [-0.39, 0.29) is 16.7 Å². The Morgan fingerprint density at radius 1 is 1.10 bits per heavy atom. The van der Waals surface area contributed by atoms with Gasteiger partial charge in [-0.05, 0) is 50.0 Å². The first-order valence-electron chi connectivity index (χ1n) is 10.2. The van der Waals surface area contributed by atoms with Crippen molar-refractivity contribution in [2.45, 2.75) is 56.9 Å². The van der Waals surface area contributed by atoms with Gasteiger partial charge in [0, 0.05) is 25.7 Å². The molecule has 29 heavy (non-hydrogen) atoms. The number of sulfonamides is 1. The molecule has 1 atom stereocenters. The van der Waals surface area contributed by atoms with E-state index in [4.69, 9.17) is 0 Å². The van der Waals surface area contributed by atoms with E-state index in [2.05, 4.69) is 10.6 Å². The molecule has 1 aliphatic heterocycles. The summed E-state index contributed by atoms with van der Waals surface area (Å²) in [5, 5.41) is 5.33. The van der Waals surface area contributed by atoms with Gasteiger partial charge in [-0.25, -0.2) is 8.42 Å². The second-order valence-corrected chi connectivity index (χ2v) is 9.18. The lowest BCUT2D eigenvalue weighted by atomic mass is 10.2. The van der Waals surface area contributed by atoms with Crippen LogP contribution in [0.1, 0.15) is 51.5 Å². The number of amides is 2. The summed E-state index contributed by atoms with van der Waals surface area (Å²) >= 11 is 0. The first-order chi connectivity index (χ1) is 13.8. The van der Waals surface area contributed by atoms with Crippen molar-refractivity contribution in [2.24, 2.45) is 0 Å². The molecule has 0 unspecified atom stereocenters. The number of hydrogen-bond donors (Lipinski definition) is 2. The zero-order valence-corrected chi connectivity index (χ0v) is 18.0. The first-order valence-corrected chi connectivity index (χ1v) is 11.6. The SMILES string of the molecule is CCCNC(=O)[C@H](C)NC(=O)/C=C/c1ccc(S(=O)(=O)N2CCCCCC2)cc1. The van der Waals surface area contributed by atoms with Crippen molar-refractivity contribution in [1.29, 1.82) is 0 Å². The minimum atomic E-state index is -3.48. The molecule has 0 radical (unpaired) electrons. The van der Waals surface area contributed by atoms with Gasteiger partial charge in [0.1, 0.15) is 6.04 Å². The maximum Gasteiger partial charge on any atom is 0.244 e. The molecule has 0 spiro atoms. The lowest BCUT2D eigenvalue weighted by molar-refractivity contribution is -0.126. The van der Waals surface area contributed by atoms with E-state index in [0.29, 0.717) is 25.2 Å². The Kier molecular flexibility index (Phi) is 8.85. The zero-order valence-electron chi connectivity index (χ0n) is 17.2. The van der Waals surface area contributed by atoms with E-state index in [1.165, 1.54) is 6.08 Å². The molecule has 7 nitrogen and oxygen atoms in total. The molecular formula is C21H31N3O4S. The molecule has 0 aliphatic carbocycles. The Morgan fingerprint density at radius 3 is 2.31 bits per heavy atom. The van der Waals surface area contributed by atoms with Crippen LogP contribution in [0.25, 0.3) is 6.08 Å². The zero-order chi connectivity index (χ0) is 21.3. The van der Waals surface area contributed by atoms with Crippen LogP contribution in [0, 0.1) is 0 Å². The third-order valence-corrected chi connectivity index (χ3v) is 6.72. The molecule has 1 heterocycles. The van der Waals surface area contributed by atoms with Gasteiger partial charge in [0.25, 0.3) is 0 Å². The highest BCUT2D eigenvalue weighted by atomic mass is 32.2. The van der Waals surface area contributed by atoms with Crippen molar-refractivity contribution in [3.8, 4) is 0 Å². The highest BCUT2D eigenvalue weighted by Gasteiger charge is 2.24. The summed E-state index contributed by atoms with van der Waals surface area (Å²) in [5.41, 5.74) is 0.707. The maximum absolute atomic E-state index is 12.8. The van der Waals surface area contributed by atoms with E-state index in [1.54, 1.807) is 41.6 Å². The predicted octanol–water partition coefficient (Wildman–Crippen LogP) is 2.30. The van der Waals surface area contributed by atoms with Crippen molar-refractivity contribution in [3.05, 3.63) is 35.9 Å². The van der Waals surface area contributed by atoms with Crippen molar-refractivity contribution >= 4 is 27.9 Å². The van der Waals surface area contributed by atoms with Crippen LogP contribution >= 0.6 is 0 Å². The summed E-state index contributed by atoms with van der Waals surface area (Å²) in [6, 6.07) is 5.86. The molecule has 1 aromatic carbocycles. The lowest BCUT2D eigenvalue weighted by Crippen LogP contribution is -2.44. The summed E-state index contributed by atoms with van der Waals surface area (Å²) < 4.78 is 27.1. The normalized spacial score (nSPS) is 16.9. The number of carbonyl (C=O) groups excluding carboxylic acids is 2. The minimum Gasteiger partial charge on any atom is -0.354 e. The summed E-state index contributed by atoms with van der Waals surface area (Å²) in [6.07, 6.45) is 7.67. The van der Waals surface area contributed by atoms with Crippen LogP contribution in [0.5, 0.6) is 0 Å². The summed E-state index contributed by atoms with van der Waals surface area (Å²) in [4.78, 5) is 24.0. The molecule has 2 N–H and O–H groups in total. The Bertz CT molecular complexity index is 811. The number of nitrogens with one attached hydrogen (secondary N) is 2. The van der Waals surface area contributed by atoms with E-state index in [1.807, 2.05) is 6.92 Å². The monoisotopic (exact) mass is 421 g/mol. The Morgan fingerprint density at radius 2 is 1.72 bits per heavy atom. The van der Waals surface area contributed by atoms with Crippen LogP contribution in [-0.2, 0) is 19.6 Å². The first kappa shape index (κ1) is 23.1. The minimum absolute atomic E-state index is 0.225. The van der Waals surface area contributed by atoms with Gasteiger partial charge in [-0.1, -0.05) is 31.9 Å². The maximum atomic E-state index is 12.8. The molecular weight excluding hydrogens is 390 g/mol. The molecule has 0 bridgehead atoms. The quantitative estimate of drug-likeness (QED) is 0.630. The third-order valence-electron chi connectivity index (χ3n) is 4.81. The van der Waals surface area contributed by atoms with E-state index < -0.39 is 16.1 Å². The average molecular weight is 422 g/mol. The van der Waals surface area contributed by atoms with Crippen molar-refractivity contribution < 1.29 is 18.0 Å². The van der Waals surface area contributed by atoms with Gasteiger partial charge in [0.15, 0.2) is 0 Å². The van der Waals surface area contributed by atoms with Gasteiger partial charge in [-0.3, -0.25) is 9.59 Å². The van der Waals surface area contributed by atoms with Crippen LogP contribution in [0.4, 0.5) is 0 Å². The molecule has 1 aliphatic rings. The molecule has 0 saturated carbocycles. The molecule has 160 valence electrons. The highest BCUT2D eigenvalue weighted by molar-refractivity contribution is 7.89. The topological polar surface area (TPSA) is 95.6 Å². The van der Waals surface area contributed by atoms with Crippen molar-refractivity contribution in [3.63, 3.8) is 0 Å². The van der Waals surface area contributed by atoms with Crippen LogP contribution in [0.15, 0.2) is 35.2 Å². The summed E-state index contributed by atoms with van der Waals surface area (Å²) in [7, 11) is -3.48. The van der Waals surface area contributed by atoms with Crippen molar-refractivity contribution in [1.82, 2.24) is 14.9 Å². The van der Waals surface area contributed by atoms with E-state index in [0.717, 1.165) is 32.1 Å². The van der Waals surface area contributed by atoms with Gasteiger partial charge < -0.3 is 10.6 Å². The second-order valence-electron chi connectivity index (χ2n) is 7.24. The molecule has 0 aromatic heterocycles. The summed E-state index contributed by atoms with van der Waals surface area (Å²) in [5.74, 6) is -0.609. The van der Waals surface area contributed by atoms with Crippen LogP contribution < -0.4 is 10.6 Å². The Labute approximate surface area is 173 Å². The van der Waals surface area contributed by atoms with E-state index in [9.17, 15) is 18.0 Å². The van der Waals surface area contributed by atoms with E-state index >= 15 is 0 Å². The number of hydrogen-bond acceptors (Lipinski definition) is 4.